The summed E-state index contributed by atoms with van der Waals surface area (Å²) in [5, 5.41) is 3.26. The molecule has 0 spiro atoms. The molecular weight excluding hydrogens is 242 g/mol. The largest absolute Gasteiger partial charge is 0.354 e. The Bertz CT molecular complexity index is 299. The van der Waals surface area contributed by atoms with Crippen LogP contribution >= 0.6 is 15.9 Å². The van der Waals surface area contributed by atoms with Crippen LogP contribution in [0.2, 0.25) is 0 Å². The molecule has 76 valence electrons. The number of hydrogen-bond donors (Lipinski definition) is 1. The standard InChI is InChI=1S/C10H14BrN3/c1-2-7-3-8(7)4-12-10-13-5-9(11)6-14-10/h5-8H,2-4H2,1H3,(H,12,13,14)/t7-,8+/m1/s1. The molecule has 0 unspecified atom stereocenters. The van der Waals surface area contributed by atoms with E-state index in [2.05, 4.69) is 38.1 Å². The maximum atomic E-state index is 4.16. The van der Waals surface area contributed by atoms with Crippen LogP contribution in [0.15, 0.2) is 16.9 Å². The Balaban J connectivity index is 1.78. The van der Waals surface area contributed by atoms with Gasteiger partial charge in [0.25, 0.3) is 0 Å². The molecule has 1 aliphatic rings. The van der Waals surface area contributed by atoms with Crippen LogP contribution in [0, 0.1) is 11.8 Å². The third-order valence-corrected chi connectivity index (χ3v) is 3.15. The van der Waals surface area contributed by atoms with Crippen LogP contribution in [0.3, 0.4) is 0 Å². The molecule has 1 aromatic heterocycles. The highest BCUT2D eigenvalue weighted by atomic mass is 79.9. The van der Waals surface area contributed by atoms with E-state index in [0.717, 1.165) is 28.8 Å². The van der Waals surface area contributed by atoms with Gasteiger partial charge in [0.1, 0.15) is 0 Å². The third-order valence-electron chi connectivity index (χ3n) is 2.74. The second-order valence-electron chi connectivity index (χ2n) is 3.77. The predicted octanol–water partition coefficient (Wildman–Crippen LogP) is 2.70. The Morgan fingerprint density at radius 3 is 2.71 bits per heavy atom. The van der Waals surface area contributed by atoms with Crippen LogP contribution in [0.5, 0.6) is 0 Å². The Morgan fingerprint density at radius 1 is 1.43 bits per heavy atom. The van der Waals surface area contributed by atoms with Crippen molar-refractivity contribution >= 4 is 21.9 Å². The molecule has 1 fully saturated rings. The second-order valence-corrected chi connectivity index (χ2v) is 4.69. The summed E-state index contributed by atoms with van der Waals surface area (Å²) in [4.78, 5) is 8.32. The maximum Gasteiger partial charge on any atom is 0.222 e. The monoisotopic (exact) mass is 255 g/mol. The fourth-order valence-corrected chi connectivity index (χ4v) is 1.89. The average molecular weight is 256 g/mol. The van der Waals surface area contributed by atoms with Crippen LogP contribution in [-0.2, 0) is 0 Å². The van der Waals surface area contributed by atoms with Crippen molar-refractivity contribution in [2.24, 2.45) is 11.8 Å². The first-order chi connectivity index (χ1) is 6.79. The lowest BCUT2D eigenvalue weighted by Gasteiger charge is -2.02. The Kier molecular flexibility index (Phi) is 3.01. The van der Waals surface area contributed by atoms with Gasteiger partial charge in [-0.3, -0.25) is 0 Å². The Labute approximate surface area is 92.5 Å². The molecule has 0 aromatic carbocycles. The number of nitrogens with one attached hydrogen (secondary N) is 1. The predicted molar refractivity (Wildman–Crippen MR) is 60.1 cm³/mol. The van der Waals surface area contributed by atoms with Crippen LogP contribution in [-0.4, -0.2) is 16.5 Å². The van der Waals surface area contributed by atoms with E-state index >= 15 is 0 Å². The summed E-state index contributed by atoms with van der Waals surface area (Å²) in [6.07, 6.45) is 6.19. The molecule has 0 saturated heterocycles. The molecule has 0 amide bonds. The van der Waals surface area contributed by atoms with E-state index < -0.39 is 0 Å². The Hall–Kier alpha value is -0.640. The van der Waals surface area contributed by atoms with Gasteiger partial charge in [-0.2, -0.15) is 0 Å². The van der Waals surface area contributed by atoms with Crippen LogP contribution in [0.1, 0.15) is 19.8 Å². The van der Waals surface area contributed by atoms with Crippen molar-refractivity contribution in [3.63, 3.8) is 0 Å². The van der Waals surface area contributed by atoms with Gasteiger partial charge < -0.3 is 5.32 Å². The van der Waals surface area contributed by atoms with Gasteiger partial charge in [-0.1, -0.05) is 13.3 Å². The first kappa shape index (κ1) is 9.90. The first-order valence-electron chi connectivity index (χ1n) is 5.01. The number of aromatic nitrogens is 2. The summed E-state index contributed by atoms with van der Waals surface area (Å²) in [6.45, 7) is 3.26. The van der Waals surface area contributed by atoms with E-state index in [0.29, 0.717) is 0 Å². The fourth-order valence-electron chi connectivity index (χ4n) is 1.69. The van der Waals surface area contributed by atoms with Crippen LogP contribution in [0.4, 0.5) is 5.95 Å². The fraction of sp³-hybridized carbons (Fsp3) is 0.600. The quantitative estimate of drug-likeness (QED) is 0.900. The number of hydrogen-bond acceptors (Lipinski definition) is 3. The minimum Gasteiger partial charge on any atom is -0.354 e. The normalized spacial score (nSPS) is 24.7. The van der Waals surface area contributed by atoms with Gasteiger partial charge in [-0.05, 0) is 34.2 Å². The van der Waals surface area contributed by atoms with Gasteiger partial charge in [-0.25, -0.2) is 9.97 Å². The minimum absolute atomic E-state index is 0.731. The summed E-state index contributed by atoms with van der Waals surface area (Å²) in [5.41, 5.74) is 0. The summed E-state index contributed by atoms with van der Waals surface area (Å²) in [7, 11) is 0. The average Bonchev–Trinajstić information content (AvgIpc) is 2.96. The van der Waals surface area contributed by atoms with Crippen molar-refractivity contribution in [2.45, 2.75) is 19.8 Å². The highest BCUT2D eigenvalue weighted by molar-refractivity contribution is 9.10. The molecule has 14 heavy (non-hydrogen) atoms. The lowest BCUT2D eigenvalue weighted by molar-refractivity contribution is 0.699. The zero-order valence-corrected chi connectivity index (χ0v) is 9.79. The molecule has 2 rings (SSSR count). The van der Waals surface area contributed by atoms with Gasteiger partial charge >= 0.3 is 0 Å². The van der Waals surface area contributed by atoms with Gasteiger partial charge in [-0.15, -0.1) is 0 Å². The van der Waals surface area contributed by atoms with Crippen molar-refractivity contribution in [1.82, 2.24) is 9.97 Å². The highest BCUT2D eigenvalue weighted by Gasteiger charge is 2.34. The van der Waals surface area contributed by atoms with Gasteiger partial charge in [0, 0.05) is 18.9 Å². The third kappa shape index (κ3) is 2.44. The zero-order chi connectivity index (χ0) is 9.97. The molecule has 4 heteroatoms. The molecule has 2 atom stereocenters. The molecule has 1 saturated carbocycles. The van der Waals surface area contributed by atoms with Crippen molar-refractivity contribution in [3.05, 3.63) is 16.9 Å². The number of nitrogens with zero attached hydrogens (tertiary/aromatic N) is 2. The van der Waals surface area contributed by atoms with Gasteiger partial charge in [0.2, 0.25) is 5.95 Å². The number of halogens is 1. The van der Waals surface area contributed by atoms with Gasteiger partial charge in [0.05, 0.1) is 4.47 Å². The smallest absolute Gasteiger partial charge is 0.222 e. The maximum absolute atomic E-state index is 4.16. The van der Waals surface area contributed by atoms with E-state index in [4.69, 9.17) is 0 Å². The summed E-state index contributed by atoms with van der Waals surface area (Å²) >= 11 is 3.31. The van der Waals surface area contributed by atoms with E-state index in [1.807, 2.05) is 0 Å². The van der Waals surface area contributed by atoms with Crippen molar-refractivity contribution in [3.8, 4) is 0 Å². The van der Waals surface area contributed by atoms with Gasteiger partial charge in [0.15, 0.2) is 0 Å². The van der Waals surface area contributed by atoms with E-state index in [1.165, 1.54) is 12.8 Å². The van der Waals surface area contributed by atoms with E-state index in [-0.39, 0.29) is 0 Å². The molecular formula is C10H14BrN3. The molecule has 0 aliphatic heterocycles. The number of anilines is 1. The highest BCUT2D eigenvalue weighted by Crippen LogP contribution is 2.40. The van der Waals surface area contributed by atoms with Crippen LogP contribution < -0.4 is 5.32 Å². The molecule has 0 radical (unpaired) electrons. The van der Waals surface area contributed by atoms with Crippen LogP contribution in [0.25, 0.3) is 0 Å². The van der Waals surface area contributed by atoms with E-state index in [9.17, 15) is 0 Å². The molecule has 1 aliphatic carbocycles. The van der Waals surface area contributed by atoms with Crippen molar-refractivity contribution in [2.75, 3.05) is 11.9 Å². The summed E-state index contributed by atoms with van der Waals surface area (Å²) in [6, 6.07) is 0. The minimum atomic E-state index is 0.731. The lowest BCUT2D eigenvalue weighted by Crippen LogP contribution is -2.07. The molecule has 1 heterocycles. The Morgan fingerprint density at radius 2 is 2.14 bits per heavy atom. The summed E-state index contributed by atoms with van der Waals surface area (Å²) in [5.74, 6) is 2.50. The summed E-state index contributed by atoms with van der Waals surface area (Å²) < 4.78 is 0.918. The topological polar surface area (TPSA) is 37.8 Å². The molecule has 1 N–H and O–H groups in total. The van der Waals surface area contributed by atoms with Crippen molar-refractivity contribution < 1.29 is 0 Å². The molecule has 1 aromatic rings. The lowest BCUT2D eigenvalue weighted by atomic mass is 10.2. The molecule has 0 bridgehead atoms. The zero-order valence-electron chi connectivity index (χ0n) is 8.20. The van der Waals surface area contributed by atoms with Crippen molar-refractivity contribution in [1.29, 1.82) is 0 Å². The SMILES string of the molecule is CC[C@@H]1C[C@H]1CNc1ncc(Br)cn1. The number of rotatable bonds is 4. The second kappa shape index (κ2) is 4.26. The first-order valence-corrected chi connectivity index (χ1v) is 5.80. The van der Waals surface area contributed by atoms with E-state index in [1.54, 1.807) is 12.4 Å². The molecule has 3 nitrogen and oxygen atoms in total.